The van der Waals surface area contributed by atoms with Gasteiger partial charge >= 0.3 is 5.97 Å². The highest BCUT2D eigenvalue weighted by atomic mass is 32.2. The smallest absolute Gasteiger partial charge is 0.312 e. The van der Waals surface area contributed by atoms with E-state index in [-0.39, 0.29) is 51.4 Å². The molecule has 7 aliphatic rings. The highest BCUT2D eigenvalue weighted by Gasteiger charge is 2.70. The van der Waals surface area contributed by atoms with E-state index in [1.54, 1.807) is 0 Å². The van der Waals surface area contributed by atoms with Gasteiger partial charge in [-0.05, 0) is 184 Å². The number of benzene rings is 1. The Hall–Kier alpha value is -2.29. The normalized spacial score (nSPS) is 40.1. The molecular weight excluding hydrogens is 780 g/mol. The molecular formula is C53H79FN2O4S. The number of ether oxygens (including phenoxy) is 1. The van der Waals surface area contributed by atoms with Crippen molar-refractivity contribution >= 4 is 15.8 Å². The van der Waals surface area contributed by atoms with Gasteiger partial charge in [-0.25, -0.2) is 8.42 Å². The number of alkyl halides is 1. The molecule has 8 heteroatoms. The molecule has 0 spiro atoms. The van der Waals surface area contributed by atoms with Crippen molar-refractivity contribution in [2.24, 2.45) is 56.7 Å². The molecule has 10 atom stereocenters. The molecule has 0 amide bonds. The SMILES string of the molecule is C=C(C)C1CC[C@]2(NCCN3CCC(S(C)(=O)=O)CC3)CC[C@]3(C)[C@H](CC[C@@H]4[C@@]5(C)CC=C(C6=CC[C@@](CCF)(C(=O)OCc7ccccc7)CC6)C(C)(C)[C@@H]5CC[C@]43C)[C@@H]12. The van der Waals surface area contributed by atoms with Crippen LogP contribution in [0.15, 0.2) is 65.8 Å². The Morgan fingerprint density at radius 3 is 2.28 bits per heavy atom. The average molecular weight is 859 g/mol. The number of allylic oxidation sites excluding steroid dienone is 5. The average Bonchev–Trinajstić information content (AvgIpc) is 3.61. The van der Waals surface area contributed by atoms with Crippen LogP contribution in [0.2, 0.25) is 0 Å². The molecule has 1 N–H and O–H groups in total. The van der Waals surface area contributed by atoms with E-state index in [9.17, 15) is 17.6 Å². The Balaban J connectivity index is 0.985. The standard InChI is InChI=1S/C53H79FN2O4S/c1-37(2)41-18-27-53(55-32-35-56-33-21-40(22-34-56)61(8,58)59)29-28-50(6)43(46(41)53)14-15-45-49(5)23-19-42(48(3,4)44(49)20-24-51(45,50)7)39-16-25-52(26-17-39,30-31-54)47(57)60-36-38-12-10-9-11-13-38/h9-13,16,19,40-41,43-46,55H,1,14-15,17-18,20-36H2,2-8H3/t41?,43-,44+,45-,46-,49+,50-,51-,52-,53+/m1/s1. The number of carbonyl (C=O) groups excluding carboxylic acids is 1. The second-order valence-electron chi connectivity index (χ2n) is 22.9. The Kier molecular flexibility index (Phi) is 12.3. The van der Waals surface area contributed by atoms with E-state index >= 15 is 0 Å². The van der Waals surface area contributed by atoms with E-state index in [0.717, 1.165) is 57.4 Å². The number of rotatable bonds is 12. The molecule has 0 bridgehead atoms. The molecule has 1 aromatic rings. The van der Waals surface area contributed by atoms with Gasteiger partial charge in [-0.15, -0.1) is 0 Å². The van der Waals surface area contributed by atoms with Crippen LogP contribution in [0.25, 0.3) is 0 Å². The largest absolute Gasteiger partial charge is 0.460 e. The van der Waals surface area contributed by atoms with Crippen molar-refractivity contribution in [1.82, 2.24) is 10.2 Å². The van der Waals surface area contributed by atoms with Crippen LogP contribution in [0.3, 0.4) is 0 Å². The summed E-state index contributed by atoms with van der Waals surface area (Å²) in [6.45, 7) is 23.5. The van der Waals surface area contributed by atoms with Crippen molar-refractivity contribution in [3.63, 3.8) is 0 Å². The van der Waals surface area contributed by atoms with Crippen LogP contribution in [-0.4, -0.2) is 69.2 Å². The third kappa shape index (κ3) is 7.68. The number of hydrogen-bond donors (Lipinski definition) is 1. The van der Waals surface area contributed by atoms with Crippen LogP contribution in [0.1, 0.15) is 143 Å². The number of esters is 1. The summed E-state index contributed by atoms with van der Waals surface area (Å²) < 4.78 is 44.3. The van der Waals surface area contributed by atoms with Crippen molar-refractivity contribution in [3.05, 3.63) is 71.3 Å². The highest BCUT2D eigenvalue weighted by Crippen LogP contribution is 2.76. The van der Waals surface area contributed by atoms with Crippen molar-refractivity contribution in [3.8, 4) is 0 Å². The van der Waals surface area contributed by atoms with Gasteiger partial charge in [0.05, 0.1) is 17.3 Å². The topological polar surface area (TPSA) is 75.7 Å². The number of fused-ring (bicyclic) bond motifs is 7. The maximum absolute atomic E-state index is 14.1. The zero-order chi connectivity index (χ0) is 43.6. The summed E-state index contributed by atoms with van der Waals surface area (Å²) in [7, 11) is -2.96. The number of halogens is 1. The summed E-state index contributed by atoms with van der Waals surface area (Å²) in [6, 6.07) is 9.79. The number of piperidine rings is 1. The Bertz CT molecular complexity index is 1990. The van der Waals surface area contributed by atoms with Gasteiger partial charge in [-0.2, -0.15) is 0 Å². The van der Waals surface area contributed by atoms with Crippen molar-refractivity contribution in [2.45, 2.75) is 155 Å². The zero-order valence-corrected chi connectivity index (χ0v) is 39.7. The van der Waals surface area contributed by atoms with E-state index < -0.39 is 21.9 Å². The van der Waals surface area contributed by atoms with E-state index in [1.165, 1.54) is 74.3 Å². The summed E-state index contributed by atoms with van der Waals surface area (Å²) in [6.07, 6.45) is 21.2. The lowest BCUT2D eigenvalue weighted by molar-refractivity contribution is -0.221. The first kappa shape index (κ1) is 45.3. The van der Waals surface area contributed by atoms with E-state index in [4.69, 9.17) is 4.74 Å². The van der Waals surface area contributed by atoms with Crippen LogP contribution in [-0.2, 0) is 26.0 Å². The second kappa shape index (κ2) is 16.6. The lowest BCUT2D eigenvalue weighted by atomic mass is 9.33. The van der Waals surface area contributed by atoms with Gasteiger partial charge in [0.2, 0.25) is 0 Å². The number of likely N-dealkylation sites (tertiary alicyclic amines) is 1. The number of hydrogen-bond acceptors (Lipinski definition) is 6. The molecule has 1 saturated heterocycles. The molecule has 338 valence electrons. The molecule has 4 saturated carbocycles. The molecule has 0 radical (unpaired) electrons. The summed E-state index contributed by atoms with van der Waals surface area (Å²) in [4.78, 5) is 16.1. The summed E-state index contributed by atoms with van der Waals surface area (Å²) in [5, 5.41) is 4.10. The molecule has 6 nitrogen and oxygen atoms in total. The summed E-state index contributed by atoms with van der Waals surface area (Å²) in [5.41, 5.74) is 5.29. The van der Waals surface area contributed by atoms with Gasteiger partial charge in [0.25, 0.3) is 0 Å². The third-order valence-electron chi connectivity index (χ3n) is 19.9. The van der Waals surface area contributed by atoms with E-state index in [1.807, 2.05) is 30.3 Å². The van der Waals surface area contributed by atoms with Crippen molar-refractivity contribution in [1.29, 1.82) is 0 Å². The third-order valence-corrected chi connectivity index (χ3v) is 21.5. The van der Waals surface area contributed by atoms with Gasteiger partial charge in [0.15, 0.2) is 0 Å². The van der Waals surface area contributed by atoms with Crippen LogP contribution >= 0.6 is 0 Å². The van der Waals surface area contributed by atoms with E-state index in [2.05, 4.69) is 70.5 Å². The maximum atomic E-state index is 14.1. The lowest BCUT2D eigenvalue weighted by Crippen LogP contribution is -2.68. The Morgan fingerprint density at radius 2 is 1.62 bits per heavy atom. The van der Waals surface area contributed by atoms with E-state index in [0.29, 0.717) is 42.4 Å². The van der Waals surface area contributed by atoms with Gasteiger partial charge in [0, 0.05) is 24.9 Å². The van der Waals surface area contributed by atoms with Gasteiger partial charge in [-0.1, -0.05) is 89.3 Å². The van der Waals surface area contributed by atoms with Crippen LogP contribution < -0.4 is 5.32 Å². The highest BCUT2D eigenvalue weighted by molar-refractivity contribution is 7.91. The molecule has 6 aliphatic carbocycles. The predicted octanol–water partition coefficient (Wildman–Crippen LogP) is 11.2. The minimum Gasteiger partial charge on any atom is -0.460 e. The molecule has 1 aromatic carbocycles. The Labute approximate surface area is 369 Å². The zero-order valence-electron chi connectivity index (χ0n) is 38.9. The molecule has 1 heterocycles. The molecule has 1 unspecified atom stereocenters. The van der Waals surface area contributed by atoms with Crippen LogP contribution in [0, 0.1) is 56.7 Å². The quantitative estimate of drug-likeness (QED) is 0.167. The summed E-state index contributed by atoms with van der Waals surface area (Å²) >= 11 is 0. The van der Waals surface area contributed by atoms with Gasteiger partial charge in [0.1, 0.15) is 16.4 Å². The van der Waals surface area contributed by atoms with Crippen molar-refractivity contribution in [2.75, 3.05) is 39.1 Å². The maximum Gasteiger partial charge on any atom is 0.312 e. The first-order chi connectivity index (χ1) is 28.8. The molecule has 0 aromatic heterocycles. The monoisotopic (exact) mass is 859 g/mol. The fourth-order valence-corrected chi connectivity index (χ4v) is 17.4. The van der Waals surface area contributed by atoms with Crippen LogP contribution in [0.4, 0.5) is 4.39 Å². The van der Waals surface area contributed by atoms with Gasteiger partial charge in [-0.3, -0.25) is 9.18 Å². The Morgan fingerprint density at radius 1 is 0.885 bits per heavy atom. The van der Waals surface area contributed by atoms with Crippen LogP contribution in [0.5, 0.6) is 0 Å². The molecule has 5 fully saturated rings. The molecule has 1 aliphatic heterocycles. The summed E-state index contributed by atoms with van der Waals surface area (Å²) in [5.74, 6) is 2.82. The van der Waals surface area contributed by atoms with Gasteiger partial charge < -0.3 is 15.0 Å². The molecule has 8 rings (SSSR count). The number of nitrogens with zero attached hydrogens (tertiary/aromatic N) is 1. The second-order valence-corrected chi connectivity index (χ2v) is 25.2. The molecule has 61 heavy (non-hydrogen) atoms. The lowest BCUT2D eigenvalue weighted by Gasteiger charge is -2.72. The number of carbonyl (C=O) groups is 1. The number of sulfone groups is 1. The minimum atomic E-state index is -2.96. The number of nitrogens with one attached hydrogen (secondary N) is 1. The minimum absolute atomic E-state index is 0.00796. The van der Waals surface area contributed by atoms with Crippen molar-refractivity contribution < 1.29 is 22.3 Å². The first-order valence-electron chi connectivity index (χ1n) is 24.3. The predicted molar refractivity (Wildman–Crippen MR) is 246 cm³/mol. The fraction of sp³-hybridized carbons (Fsp3) is 0.755. The fourth-order valence-electron chi connectivity index (χ4n) is 16.3. The first-order valence-corrected chi connectivity index (χ1v) is 26.3.